The first-order chi connectivity index (χ1) is 11.8. The van der Waals surface area contributed by atoms with Crippen LogP contribution >= 0.6 is 0 Å². The SMILES string of the molecule is CC1CCCN(S(=O)(=O)N2CCN(S(=O)(=O)c3cccnc3)CC2)C1. The molecule has 1 unspecified atom stereocenters. The quantitative estimate of drug-likeness (QED) is 0.743. The van der Waals surface area contributed by atoms with Crippen molar-refractivity contribution in [1.82, 2.24) is 17.9 Å². The minimum atomic E-state index is -3.63. The monoisotopic (exact) mass is 388 g/mol. The van der Waals surface area contributed by atoms with E-state index in [1.54, 1.807) is 6.07 Å². The minimum absolute atomic E-state index is 0.135. The predicted octanol–water partition coefficient (Wildman–Crippen LogP) is 0.365. The number of pyridine rings is 1. The van der Waals surface area contributed by atoms with Gasteiger partial charge in [0.2, 0.25) is 10.0 Å². The molecule has 0 spiro atoms. The van der Waals surface area contributed by atoms with Crippen LogP contribution in [-0.2, 0) is 20.2 Å². The second-order valence-corrected chi connectivity index (χ2v) is 10.5. The number of sulfonamides is 1. The normalized spacial score (nSPS) is 25.1. The van der Waals surface area contributed by atoms with Crippen molar-refractivity contribution < 1.29 is 16.8 Å². The number of hydrogen-bond acceptors (Lipinski definition) is 5. The molecular weight excluding hydrogens is 364 g/mol. The van der Waals surface area contributed by atoms with Gasteiger partial charge in [-0.2, -0.15) is 21.3 Å². The largest absolute Gasteiger partial charge is 0.282 e. The Bertz CT molecular complexity index is 790. The fourth-order valence-electron chi connectivity index (χ4n) is 3.31. The number of hydrogen-bond donors (Lipinski definition) is 0. The Morgan fingerprint density at radius 3 is 2.28 bits per heavy atom. The first-order valence-electron chi connectivity index (χ1n) is 8.47. The molecule has 0 amide bonds. The zero-order chi connectivity index (χ0) is 18.1. The van der Waals surface area contributed by atoms with Gasteiger partial charge >= 0.3 is 0 Å². The van der Waals surface area contributed by atoms with Crippen LogP contribution in [0.2, 0.25) is 0 Å². The molecule has 8 nitrogen and oxygen atoms in total. The molecule has 0 aromatic carbocycles. The predicted molar refractivity (Wildman–Crippen MR) is 93.5 cm³/mol. The molecule has 2 fully saturated rings. The molecule has 3 rings (SSSR count). The van der Waals surface area contributed by atoms with Crippen molar-refractivity contribution in [2.24, 2.45) is 5.92 Å². The molecule has 0 bridgehead atoms. The maximum atomic E-state index is 12.8. The van der Waals surface area contributed by atoms with Crippen molar-refractivity contribution in [3.8, 4) is 0 Å². The van der Waals surface area contributed by atoms with Gasteiger partial charge in [-0.05, 0) is 30.9 Å². The van der Waals surface area contributed by atoms with Crippen LogP contribution in [-0.4, -0.2) is 74.0 Å². The number of piperazine rings is 1. The zero-order valence-corrected chi connectivity index (χ0v) is 15.9. The van der Waals surface area contributed by atoms with Gasteiger partial charge in [-0.15, -0.1) is 0 Å². The van der Waals surface area contributed by atoms with Gasteiger partial charge in [-0.3, -0.25) is 4.98 Å². The molecule has 25 heavy (non-hydrogen) atoms. The van der Waals surface area contributed by atoms with E-state index in [2.05, 4.69) is 11.9 Å². The Labute approximate surface area is 149 Å². The van der Waals surface area contributed by atoms with Gasteiger partial charge in [-0.1, -0.05) is 6.92 Å². The molecule has 1 atom stereocenters. The first kappa shape index (κ1) is 18.7. The first-order valence-corrected chi connectivity index (χ1v) is 11.3. The van der Waals surface area contributed by atoms with Crippen LogP contribution in [0, 0.1) is 5.92 Å². The maximum Gasteiger partial charge on any atom is 0.282 e. The lowest BCUT2D eigenvalue weighted by molar-refractivity contribution is 0.228. The Morgan fingerprint density at radius 1 is 1.00 bits per heavy atom. The van der Waals surface area contributed by atoms with Gasteiger partial charge in [0.05, 0.1) is 0 Å². The fourth-order valence-corrected chi connectivity index (χ4v) is 6.45. The van der Waals surface area contributed by atoms with Gasteiger partial charge in [0.15, 0.2) is 0 Å². The Kier molecular flexibility index (Phi) is 5.45. The molecule has 0 radical (unpaired) electrons. The molecule has 0 aliphatic carbocycles. The molecular formula is C15H24N4O4S2. The summed E-state index contributed by atoms with van der Waals surface area (Å²) in [7, 11) is -7.15. The van der Waals surface area contributed by atoms with Crippen molar-refractivity contribution in [3.05, 3.63) is 24.5 Å². The smallest absolute Gasteiger partial charge is 0.263 e. The number of nitrogens with zero attached hydrogens (tertiary/aromatic N) is 4. The highest BCUT2D eigenvalue weighted by molar-refractivity contribution is 7.89. The molecule has 2 saturated heterocycles. The average Bonchev–Trinajstić information content (AvgIpc) is 2.62. The van der Waals surface area contributed by atoms with Gasteiger partial charge in [-0.25, -0.2) is 8.42 Å². The summed E-state index contributed by atoms with van der Waals surface area (Å²) in [4.78, 5) is 3.98. The van der Waals surface area contributed by atoms with Crippen LogP contribution in [0.3, 0.4) is 0 Å². The second-order valence-electron chi connectivity index (χ2n) is 6.61. The average molecular weight is 389 g/mol. The van der Waals surface area contributed by atoms with Crippen LogP contribution in [0.15, 0.2) is 29.4 Å². The van der Waals surface area contributed by atoms with E-state index in [4.69, 9.17) is 0 Å². The third-order valence-corrected chi connectivity index (χ3v) is 8.63. The van der Waals surface area contributed by atoms with Gasteiger partial charge < -0.3 is 0 Å². The molecule has 0 N–H and O–H groups in total. The minimum Gasteiger partial charge on any atom is -0.263 e. The summed E-state index contributed by atoms with van der Waals surface area (Å²) in [5, 5.41) is 0. The lowest BCUT2D eigenvalue weighted by atomic mass is 10.0. The van der Waals surface area contributed by atoms with E-state index < -0.39 is 20.2 Å². The summed E-state index contributed by atoms with van der Waals surface area (Å²) >= 11 is 0. The highest BCUT2D eigenvalue weighted by atomic mass is 32.2. The highest BCUT2D eigenvalue weighted by Crippen LogP contribution is 2.23. The Balaban J connectivity index is 1.67. The number of aromatic nitrogens is 1. The number of rotatable bonds is 4. The summed E-state index contributed by atoms with van der Waals surface area (Å²) in [6, 6.07) is 3.08. The van der Waals surface area contributed by atoms with E-state index >= 15 is 0 Å². The van der Waals surface area contributed by atoms with Gasteiger partial charge in [0, 0.05) is 51.7 Å². The number of piperidine rings is 1. The summed E-state index contributed by atoms with van der Waals surface area (Å²) in [6.07, 6.45) is 4.75. The summed E-state index contributed by atoms with van der Waals surface area (Å²) in [5.41, 5.74) is 0. The van der Waals surface area contributed by atoms with Crippen LogP contribution in [0.1, 0.15) is 19.8 Å². The van der Waals surface area contributed by atoms with E-state index in [0.29, 0.717) is 19.0 Å². The van der Waals surface area contributed by atoms with E-state index in [1.807, 2.05) is 0 Å². The van der Waals surface area contributed by atoms with Crippen molar-refractivity contribution in [1.29, 1.82) is 0 Å². The van der Waals surface area contributed by atoms with Crippen LogP contribution < -0.4 is 0 Å². The van der Waals surface area contributed by atoms with E-state index in [1.165, 1.54) is 31.4 Å². The maximum absolute atomic E-state index is 12.8. The van der Waals surface area contributed by atoms with Gasteiger partial charge in [0.25, 0.3) is 10.2 Å². The Morgan fingerprint density at radius 2 is 1.68 bits per heavy atom. The van der Waals surface area contributed by atoms with Crippen LogP contribution in [0.5, 0.6) is 0 Å². The molecule has 140 valence electrons. The fraction of sp³-hybridized carbons (Fsp3) is 0.667. The highest BCUT2D eigenvalue weighted by Gasteiger charge is 2.37. The molecule has 1 aromatic heterocycles. The molecule has 0 saturated carbocycles. The van der Waals surface area contributed by atoms with Crippen LogP contribution in [0.4, 0.5) is 0 Å². The molecule has 10 heteroatoms. The van der Waals surface area contributed by atoms with Crippen molar-refractivity contribution in [2.45, 2.75) is 24.7 Å². The molecule has 2 aliphatic heterocycles. The third kappa shape index (κ3) is 3.87. The van der Waals surface area contributed by atoms with Crippen molar-refractivity contribution >= 4 is 20.2 Å². The lowest BCUT2D eigenvalue weighted by Gasteiger charge is -2.38. The summed E-state index contributed by atoms with van der Waals surface area (Å²) < 4.78 is 55.0. The lowest BCUT2D eigenvalue weighted by Crippen LogP contribution is -2.55. The summed E-state index contributed by atoms with van der Waals surface area (Å²) in [5.74, 6) is 0.357. The van der Waals surface area contributed by atoms with Crippen molar-refractivity contribution in [3.63, 3.8) is 0 Å². The Hall–Kier alpha value is -1.07. The second kappa shape index (κ2) is 7.28. The molecule has 2 aliphatic rings. The van der Waals surface area contributed by atoms with Crippen LogP contribution in [0.25, 0.3) is 0 Å². The standard InChI is InChI=1S/C15H24N4O4S2/c1-14-4-3-7-19(13-14)25(22,23)18-10-8-17(9-11-18)24(20,21)15-5-2-6-16-12-15/h2,5-6,12,14H,3-4,7-11,13H2,1H3. The van der Waals surface area contributed by atoms with E-state index in [-0.39, 0.29) is 31.1 Å². The molecule has 3 heterocycles. The topological polar surface area (TPSA) is 90.9 Å². The summed E-state index contributed by atoms with van der Waals surface area (Å²) in [6.45, 7) is 3.79. The molecule has 1 aromatic rings. The third-order valence-electron chi connectivity index (χ3n) is 4.74. The van der Waals surface area contributed by atoms with E-state index in [0.717, 1.165) is 12.8 Å². The van der Waals surface area contributed by atoms with Crippen molar-refractivity contribution in [2.75, 3.05) is 39.3 Å². The van der Waals surface area contributed by atoms with Gasteiger partial charge in [0.1, 0.15) is 4.90 Å². The van der Waals surface area contributed by atoms with E-state index in [9.17, 15) is 16.8 Å². The zero-order valence-electron chi connectivity index (χ0n) is 14.3.